The number of hydrogen-bond acceptors (Lipinski definition) is 16. The van der Waals surface area contributed by atoms with Crippen LogP contribution >= 0.6 is 0 Å². The van der Waals surface area contributed by atoms with Crippen molar-refractivity contribution in [3.8, 4) is 0 Å². The Balaban J connectivity index is 0.00000400. The number of nitro groups is 4. The Labute approximate surface area is 316 Å². The van der Waals surface area contributed by atoms with Crippen molar-refractivity contribution >= 4 is 0 Å². The van der Waals surface area contributed by atoms with E-state index in [2.05, 4.69) is 42.5 Å². The van der Waals surface area contributed by atoms with Gasteiger partial charge < -0.3 is 0 Å². The second-order valence-corrected chi connectivity index (χ2v) is 17.2. The second kappa shape index (κ2) is 14.7. The quantitative estimate of drug-likeness (QED) is 0.133. The minimum atomic E-state index is -2.38. The van der Waals surface area contributed by atoms with E-state index in [1.54, 1.807) is 0 Å². The molecule has 4 saturated carbocycles. The summed E-state index contributed by atoms with van der Waals surface area (Å²) in [5.41, 5.74) is 0. The molecular weight excluding hydrogens is 739 g/mol. The van der Waals surface area contributed by atoms with E-state index < -0.39 is 68.0 Å². The molecule has 20 atom stereocenters. The monoisotopic (exact) mass is 791 g/mol. The van der Waals surface area contributed by atoms with Crippen molar-refractivity contribution in [2.75, 3.05) is 0 Å². The fourth-order valence-electron chi connectivity index (χ4n) is 13.1. The van der Waals surface area contributed by atoms with Gasteiger partial charge in [-0.3, -0.25) is 83.0 Å². The average Bonchev–Trinajstić information content (AvgIpc) is 3.86. The first-order valence-corrected chi connectivity index (χ1v) is 19.7. The topological polar surface area (TPSA) is 269 Å². The molecule has 53 heavy (non-hydrogen) atoms. The maximum Gasteiger partial charge on any atom is 2.00 e. The number of fused-ring (bicyclic) bond motifs is 20. The van der Waals surface area contributed by atoms with Crippen molar-refractivity contribution < 1.29 is 36.5 Å². The Kier molecular flexibility index (Phi) is 10.5. The number of hydrogen-bond donors (Lipinski definition) is 8. The van der Waals surface area contributed by atoms with Crippen LogP contribution < -0.4 is 42.5 Å². The molecule has 5 heterocycles. The zero-order chi connectivity index (χ0) is 36.0. The largest absolute Gasteiger partial charge is 2.00 e. The molecule has 0 spiro atoms. The van der Waals surface area contributed by atoms with E-state index in [-0.39, 0.29) is 77.4 Å². The number of nitrogens with one attached hydrogen (secondary N) is 8. The number of rotatable bonds is 4. The van der Waals surface area contributed by atoms with Crippen LogP contribution in [0.1, 0.15) is 77.0 Å². The van der Waals surface area contributed by atoms with E-state index >= 15 is 0 Å². The van der Waals surface area contributed by atoms with E-state index in [9.17, 15) is 40.5 Å². The second-order valence-electron chi connectivity index (χ2n) is 17.2. The van der Waals surface area contributed by atoms with E-state index in [1.807, 2.05) is 0 Å². The molecule has 295 valence electrons. The summed E-state index contributed by atoms with van der Waals surface area (Å²) < 4.78 is 0. The molecule has 20 unspecified atom stereocenters. The molecule has 5 aliphatic heterocycles. The third-order valence-corrected chi connectivity index (χ3v) is 15.1. The summed E-state index contributed by atoms with van der Waals surface area (Å²) in [6, 6.07) is -8.81. The summed E-state index contributed by atoms with van der Waals surface area (Å²) in [7, 11) is 0. The molecule has 8 N–H and O–H groups in total. The van der Waals surface area contributed by atoms with Gasteiger partial charge in [-0.05, 0) is 74.0 Å². The van der Waals surface area contributed by atoms with Crippen LogP contribution in [-0.2, 0) is 16.8 Å². The molecule has 9 fully saturated rings. The maximum absolute atomic E-state index is 12.9. The third-order valence-electron chi connectivity index (χ3n) is 15.1. The van der Waals surface area contributed by atoms with Crippen molar-refractivity contribution in [1.29, 1.82) is 0 Å². The van der Waals surface area contributed by atoms with Gasteiger partial charge in [0.15, 0.2) is 0 Å². The van der Waals surface area contributed by atoms with E-state index in [1.165, 1.54) is 12.8 Å². The summed E-state index contributed by atoms with van der Waals surface area (Å²) in [5, 5.41) is 81.0. The minimum absolute atomic E-state index is 0. The van der Waals surface area contributed by atoms with Crippen molar-refractivity contribution in [3.05, 3.63) is 40.5 Å². The Morgan fingerprint density at radius 1 is 0.321 bits per heavy atom. The Hall–Kier alpha value is -2.21. The Morgan fingerprint density at radius 3 is 0.717 bits per heavy atom. The smallest absolute Gasteiger partial charge is 0.286 e. The predicted molar refractivity (Wildman–Crippen MR) is 182 cm³/mol. The van der Waals surface area contributed by atoms with Crippen LogP contribution in [0.4, 0.5) is 0 Å². The molecule has 0 aromatic rings. The van der Waals surface area contributed by atoms with Gasteiger partial charge in [-0.15, -0.1) is 0 Å². The predicted octanol–water partition coefficient (Wildman–Crippen LogP) is -0.376. The molecule has 4 aliphatic carbocycles. The molecule has 1 radical (unpaired) electrons. The Morgan fingerprint density at radius 2 is 0.509 bits per heavy atom. The van der Waals surface area contributed by atoms with Crippen LogP contribution in [0.25, 0.3) is 0 Å². The van der Waals surface area contributed by atoms with Crippen LogP contribution in [-0.4, -0.2) is 93.2 Å². The van der Waals surface area contributed by atoms with Crippen LogP contribution in [0.15, 0.2) is 0 Å². The van der Waals surface area contributed by atoms with Crippen LogP contribution in [0, 0.1) is 87.8 Å². The molecule has 0 amide bonds. The van der Waals surface area contributed by atoms with E-state index in [0.29, 0.717) is 11.8 Å². The summed E-state index contributed by atoms with van der Waals surface area (Å²) in [4.78, 5) is 47.2. The molecule has 8 bridgehead atoms. The van der Waals surface area contributed by atoms with Gasteiger partial charge in [-0.25, -0.2) is 0 Å². The fraction of sp³-hybridized carbons (Fsp3) is 1.00. The van der Waals surface area contributed by atoms with Gasteiger partial charge in [0.25, 0.3) is 12.1 Å². The van der Waals surface area contributed by atoms with Gasteiger partial charge in [0, 0.05) is 19.7 Å². The van der Waals surface area contributed by atoms with Gasteiger partial charge in [0.1, 0.15) is 0 Å². The van der Waals surface area contributed by atoms with Crippen LogP contribution in [0.5, 0.6) is 0 Å². The summed E-state index contributed by atoms with van der Waals surface area (Å²) in [5.74, 6) is -0.811. The fourth-order valence-corrected chi connectivity index (χ4v) is 13.1. The van der Waals surface area contributed by atoms with Gasteiger partial charge >= 0.3 is 28.9 Å². The first-order valence-electron chi connectivity index (χ1n) is 19.7. The molecule has 21 heteroatoms. The summed E-state index contributed by atoms with van der Waals surface area (Å²) >= 11 is 0. The molecule has 20 nitrogen and oxygen atoms in total. The van der Waals surface area contributed by atoms with Crippen LogP contribution in [0.2, 0.25) is 0 Å². The van der Waals surface area contributed by atoms with E-state index in [0.717, 1.165) is 64.2 Å². The summed E-state index contributed by atoms with van der Waals surface area (Å²) in [6.07, 6.45) is 10.1. The maximum atomic E-state index is 12.9. The SMILES string of the molecule is O=[N+]([O-])C1C2C3NC4NC(NC5NC(NC6NC(NC(N3)C2C([N+](=O)[O-])C([N+](=O)[O-])C1[N+](=O)[O-])C1CCCCC61)C1CCCCC51)C1CCCCC41.[Co+2]. The third kappa shape index (κ3) is 6.26. The molecule has 5 saturated heterocycles. The minimum Gasteiger partial charge on any atom is -0.286 e. The van der Waals surface area contributed by atoms with Gasteiger partial charge in [-0.2, -0.15) is 0 Å². The van der Waals surface area contributed by atoms with Crippen molar-refractivity contribution in [2.45, 2.75) is 151 Å². The Bertz CT molecular complexity index is 1350. The molecule has 0 aromatic carbocycles. The molecule has 9 aliphatic rings. The van der Waals surface area contributed by atoms with Gasteiger partial charge in [0.05, 0.1) is 61.2 Å². The zero-order valence-corrected chi connectivity index (χ0v) is 30.5. The standard InChI is InChI=1S/C32H52N12O8.Co/c45-41(46)21-19-20(22(42(47)48)24(44(51)52)23(21)43(49)50)32-39-30-18-12-6-4-10-16(18)28(37-30)35-26-14-8-2-1-7-13(14)25(33-26)34-27-15-9-3-5-11-17(15)29(36-27)38-31(19)40-32;/h13-40H,1-12H2;/q;+2. The first-order chi connectivity index (χ1) is 25.1. The van der Waals surface area contributed by atoms with Crippen molar-refractivity contribution in [1.82, 2.24) is 42.5 Å². The van der Waals surface area contributed by atoms with Gasteiger partial charge in [0.2, 0.25) is 0 Å². The van der Waals surface area contributed by atoms with Gasteiger partial charge in [-0.1, -0.05) is 38.5 Å². The van der Waals surface area contributed by atoms with Crippen molar-refractivity contribution in [2.24, 2.45) is 47.3 Å². The number of nitrogens with zero attached hydrogens (tertiary/aromatic N) is 4. The molecular formula is C32H52CoN12O8+2. The normalized spacial score (nSPS) is 51.5. The van der Waals surface area contributed by atoms with Crippen LogP contribution in [0.3, 0.4) is 0 Å². The molecule has 9 rings (SSSR count). The summed E-state index contributed by atoms with van der Waals surface area (Å²) in [6.45, 7) is 0. The average molecular weight is 792 g/mol. The van der Waals surface area contributed by atoms with E-state index in [4.69, 9.17) is 0 Å². The molecule has 0 aromatic heterocycles. The van der Waals surface area contributed by atoms with Crippen molar-refractivity contribution in [3.63, 3.8) is 0 Å². The first kappa shape index (κ1) is 37.7. The zero-order valence-electron chi connectivity index (χ0n) is 29.4.